The van der Waals surface area contributed by atoms with Crippen molar-refractivity contribution in [1.82, 2.24) is 5.32 Å². The molecule has 3 rings (SSSR count). The molecule has 1 heterocycles. The van der Waals surface area contributed by atoms with Crippen LogP contribution >= 0.6 is 22.6 Å². The summed E-state index contributed by atoms with van der Waals surface area (Å²) < 4.78 is 5.67. The van der Waals surface area contributed by atoms with Gasteiger partial charge < -0.3 is 10.1 Å². The zero-order valence-electron chi connectivity index (χ0n) is 10.5. The maximum atomic E-state index is 11.7. The van der Waals surface area contributed by atoms with Crippen molar-refractivity contribution in [3.05, 3.63) is 29.3 Å². The van der Waals surface area contributed by atoms with Crippen LogP contribution in [0.25, 0.3) is 0 Å². The number of halogens is 1. The van der Waals surface area contributed by atoms with Crippen molar-refractivity contribution in [3.63, 3.8) is 0 Å². The summed E-state index contributed by atoms with van der Waals surface area (Å²) in [5, 5.41) is 3.08. The maximum Gasteiger partial charge on any atom is 0.177 e. The Morgan fingerprint density at radius 2 is 2.11 bits per heavy atom. The molecule has 0 unspecified atom stereocenters. The van der Waals surface area contributed by atoms with Gasteiger partial charge in [-0.2, -0.15) is 0 Å². The number of alkyl halides is 1. The maximum absolute atomic E-state index is 11.7. The molecule has 0 radical (unpaired) electrons. The number of rotatable bonds is 3. The average Bonchev–Trinajstić information content (AvgIpc) is 3.24. The van der Waals surface area contributed by atoms with Crippen LogP contribution in [0, 0.1) is 5.92 Å². The number of benzene rings is 1. The highest BCUT2D eigenvalue weighted by Crippen LogP contribution is 2.30. The Balaban J connectivity index is 0.000000574. The molecule has 98 valence electrons. The summed E-state index contributed by atoms with van der Waals surface area (Å²) in [4.78, 5) is 13.6. The minimum atomic E-state index is 0.165. The van der Waals surface area contributed by atoms with Crippen molar-refractivity contribution in [3.8, 4) is 5.75 Å². The first-order valence-electron chi connectivity index (χ1n) is 6.20. The van der Waals surface area contributed by atoms with Crippen LogP contribution in [0.15, 0.2) is 18.2 Å². The topological polar surface area (TPSA) is 38.3 Å². The van der Waals surface area contributed by atoms with Crippen molar-refractivity contribution < 1.29 is 9.53 Å². The lowest BCUT2D eigenvalue weighted by Gasteiger charge is -2.17. The Morgan fingerprint density at radius 1 is 1.33 bits per heavy atom. The van der Waals surface area contributed by atoms with Crippen LogP contribution < -0.4 is 10.1 Å². The lowest BCUT2D eigenvalue weighted by atomic mass is 10.00. The number of carbonyl (C=O) groups is 1. The van der Waals surface area contributed by atoms with Crippen LogP contribution in [0.5, 0.6) is 5.75 Å². The first-order chi connectivity index (χ1) is 8.83. The fraction of sp³-hybridized carbons (Fsp3) is 0.500. The quantitative estimate of drug-likeness (QED) is 0.666. The van der Waals surface area contributed by atoms with Crippen LogP contribution in [0.2, 0.25) is 0 Å². The minimum Gasteiger partial charge on any atom is -0.493 e. The number of Topliss-reactive ketones (excluding diaryl/α,β-unsaturated/α-hetero) is 1. The molecule has 1 fully saturated rings. The van der Waals surface area contributed by atoms with Gasteiger partial charge in [0.1, 0.15) is 5.75 Å². The highest BCUT2D eigenvalue weighted by atomic mass is 127. The van der Waals surface area contributed by atoms with E-state index in [9.17, 15) is 4.79 Å². The van der Waals surface area contributed by atoms with Gasteiger partial charge in [-0.25, -0.2) is 0 Å². The molecule has 1 N–H and O–H groups in total. The van der Waals surface area contributed by atoms with E-state index in [0.717, 1.165) is 35.9 Å². The molecule has 4 heteroatoms. The van der Waals surface area contributed by atoms with Gasteiger partial charge in [0.25, 0.3) is 0 Å². The normalized spacial score (nSPS) is 17.6. The Bertz CT molecular complexity index is 430. The van der Waals surface area contributed by atoms with Crippen molar-refractivity contribution in [2.75, 3.05) is 18.1 Å². The van der Waals surface area contributed by atoms with E-state index < -0.39 is 0 Å². The van der Waals surface area contributed by atoms with E-state index in [1.165, 1.54) is 12.8 Å². The molecule has 0 spiro atoms. The average molecular weight is 359 g/mol. The highest BCUT2D eigenvalue weighted by Gasteiger charge is 2.22. The zero-order valence-corrected chi connectivity index (χ0v) is 12.7. The molecule has 0 aromatic heterocycles. The number of hydrogen-bond acceptors (Lipinski definition) is 3. The van der Waals surface area contributed by atoms with E-state index >= 15 is 0 Å². The van der Waals surface area contributed by atoms with E-state index in [4.69, 9.17) is 4.74 Å². The van der Waals surface area contributed by atoms with Crippen LogP contribution in [-0.2, 0) is 6.54 Å². The summed E-state index contributed by atoms with van der Waals surface area (Å²) in [6.45, 7) is 2.02. The molecule has 1 saturated carbocycles. The van der Waals surface area contributed by atoms with Gasteiger partial charge in [-0.1, -0.05) is 28.7 Å². The van der Waals surface area contributed by atoms with Crippen LogP contribution in [0.4, 0.5) is 0 Å². The molecule has 0 bridgehead atoms. The molecule has 1 aliphatic heterocycles. The van der Waals surface area contributed by atoms with Crippen molar-refractivity contribution in [1.29, 1.82) is 0 Å². The molecule has 0 saturated heterocycles. The van der Waals surface area contributed by atoms with Gasteiger partial charge in [0.2, 0.25) is 0 Å². The van der Waals surface area contributed by atoms with Gasteiger partial charge in [0.05, 0.1) is 13.2 Å². The minimum absolute atomic E-state index is 0.165. The molecule has 3 nitrogen and oxygen atoms in total. The Labute approximate surface area is 121 Å². The number of ether oxygens (including phenoxy) is 1. The molecular formula is C14H18INO2. The van der Waals surface area contributed by atoms with Gasteiger partial charge in [0.15, 0.2) is 5.78 Å². The predicted molar refractivity (Wildman–Crippen MR) is 80.6 cm³/mol. The summed E-state index contributed by atoms with van der Waals surface area (Å²) in [5.41, 5.74) is 1.90. The summed E-state index contributed by atoms with van der Waals surface area (Å²) in [7, 11) is 0. The molecule has 0 amide bonds. The molecule has 2 aliphatic rings. The molecule has 1 aliphatic carbocycles. The summed E-state index contributed by atoms with van der Waals surface area (Å²) in [6, 6.07) is 5.84. The number of hydrogen-bond donors (Lipinski definition) is 1. The summed E-state index contributed by atoms with van der Waals surface area (Å²) in [6.07, 6.45) is 2.57. The summed E-state index contributed by atoms with van der Waals surface area (Å²) >= 11 is 2.15. The lowest BCUT2D eigenvalue weighted by molar-refractivity contribution is 0.0981. The third kappa shape index (κ3) is 3.45. The van der Waals surface area contributed by atoms with E-state index in [-0.39, 0.29) is 5.78 Å². The predicted octanol–water partition coefficient (Wildman–Crippen LogP) is 2.81. The second-order valence-corrected chi connectivity index (χ2v) is 4.60. The van der Waals surface area contributed by atoms with Gasteiger partial charge in [-0.05, 0) is 41.4 Å². The molecule has 0 atom stereocenters. The third-order valence-corrected chi connectivity index (χ3v) is 3.17. The van der Waals surface area contributed by atoms with Crippen LogP contribution in [0.3, 0.4) is 0 Å². The summed E-state index contributed by atoms with van der Waals surface area (Å²) in [5.74, 6) is 1.74. The molecule has 18 heavy (non-hydrogen) atoms. The second-order valence-electron chi connectivity index (χ2n) is 4.60. The second kappa shape index (κ2) is 6.52. The third-order valence-electron chi connectivity index (χ3n) is 3.17. The van der Waals surface area contributed by atoms with Crippen molar-refractivity contribution in [2.45, 2.75) is 19.4 Å². The van der Waals surface area contributed by atoms with Crippen molar-refractivity contribution in [2.24, 2.45) is 5.92 Å². The van der Waals surface area contributed by atoms with Gasteiger partial charge in [-0.15, -0.1) is 0 Å². The zero-order chi connectivity index (χ0) is 13.0. The largest absolute Gasteiger partial charge is 0.493 e. The Morgan fingerprint density at radius 3 is 2.83 bits per heavy atom. The van der Waals surface area contributed by atoms with Gasteiger partial charge in [0, 0.05) is 12.1 Å². The fourth-order valence-corrected chi connectivity index (χ4v) is 1.96. The van der Waals surface area contributed by atoms with E-state index in [0.29, 0.717) is 6.54 Å². The first kappa shape index (κ1) is 13.8. The van der Waals surface area contributed by atoms with Crippen molar-refractivity contribution >= 4 is 28.4 Å². The lowest BCUT2D eigenvalue weighted by Crippen LogP contribution is -2.29. The molecule has 1 aromatic rings. The number of carbonyl (C=O) groups excluding carboxylic acids is 1. The van der Waals surface area contributed by atoms with E-state index in [1.807, 2.05) is 23.1 Å². The van der Waals surface area contributed by atoms with Gasteiger partial charge in [-0.3, -0.25) is 4.79 Å². The molecule has 1 aromatic carbocycles. The first-order valence-corrected chi connectivity index (χ1v) is 8.36. The fourth-order valence-electron chi connectivity index (χ4n) is 1.96. The Hall–Kier alpha value is -0.620. The van der Waals surface area contributed by atoms with E-state index in [2.05, 4.69) is 27.9 Å². The molecular weight excluding hydrogens is 341 g/mol. The number of ketones is 1. The number of nitrogens with one attached hydrogen (secondary N) is 1. The van der Waals surface area contributed by atoms with Gasteiger partial charge >= 0.3 is 0 Å². The Kier molecular flexibility index (Phi) is 5.00. The smallest absolute Gasteiger partial charge is 0.177 e. The van der Waals surface area contributed by atoms with Crippen LogP contribution in [-0.4, -0.2) is 23.9 Å². The monoisotopic (exact) mass is 359 g/mol. The van der Waals surface area contributed by atoms with Crippen LogP contribution in [0.1, 0.15) is 28.8 Å². The highest BCUT2D eigenvalue weighted by molar-refractivity contribution is 14.1. The number of fused-ring (bicyclic) bond motifs is 1. The SMILES string of the molecule is CI.O=C1CNCc2ccc(OCC3CC3)cc21. The standard InChI is InChI=1S/C13H15NO2.CH3I/c15-13-7-14-6-10-3-4-11(5-12(10)13)16-8-9-1-2-9;1-2/h3-5,9,14H,1-2,6-8H2;1H3. The van der Waals surface area contributed by atoms with E-state index in [1.54, 1.807) is 0 Å².